The van der Waals surface area contributed by atoms with Crippen molar-refractivity contribution < 1.29 is 23.9 Å². The van der Waals surface area contributed by atoms with Crippen LogP contribution in [0, 0.1) is 11.8 Å². The van der Waals surface area contributed by atoms with Gasteiger partial charge in [0.25, 0.3) is 11.8 Å². The number of hydrogen-bond acceptors (Lipinski definition) is 5. The molecule has 2 aromatic carbocycles. The van der Waals surface area contributed by atoms with Gasteiger partial charge in [-0.1, -0.05) is 47.8 Å². The maximum absolute atomic E-state index is 13.3. The van der Waals surface area contributed by atoms with Crippen molar-refractivity contribution in [1.82, 2.24) is 10.2 Å². The summed E-state index contributed by atoms with van der Waals surface area (Å²) in [5.74, 6) is -1.21. The molecule has 7 nitrogen and oxygen atoms in total. The molecular weight excluding hydrogens is 479 g/mol. The number of imide groups is 2. The van der Waals surface area contributed by atoms with Gasteiger partial charge in [-0.2, -0.15) is 0 Å². The van der Waals surface area contributed by atoms with Gasteiger partial charge in [-0.05, 0) is 61.4 Å². The number of carbonyl (C=O) groups excluding carboxylic acids is 4. The fraction of sp³-hybridized carbons (Fsp3) is 0.280. The zero-order valence-electron chi connectivity index (χ0n) is 17.9. The van der Waals surface area contributed by atoms with Crippen LogP contribution in [0.3, 0.4) is 0 Å². The summed E-state index contributed by atoms with van der Waals surface area (Å²) in [4.78, 5) is 52.3. The van der Waals surface area contributed by atoms with E-state index in [1.807, 2.05) is 0 Å². The Labute approximate surface area is 205 Å². The van der Waals surface area contributed by atoms with E-state index in [4.69, 9.17) is 27.9 Å². The summed E-state index contributed by atoms with van der Waals surface area (Å²) < 4.78 is 5.52. The van der Waals surface area contributed by atoms with Gasteiger partial charge < -0.3 is 4.74 Å². The third-order valence-corrected chi connectivity index (χ3v) is 7.29. The van der Waals surface area contributed by atoms with Crippen molar-refractivity contribution in [3.05, 3.63) is 69.2 Å². The van der Waals surface area contributed by atoms with E-state index in [2.05, 4.69) is 5.32 Å². The number of nitrogens with zero attached hydrogens (tertiary/aromatic N) is 1. The summed E-state index contributed by atoms with van der Waals surface area (Å²) in [5.41, 5.74) is 0.269. The summed E-state index contributed by atoms with van der Waals surface area (Å²) in [6, 6.07) is 10.0. The second-order valence-electron chi connectivity index (χ2n) is 8.79. The smallest absolute Gasteiger partial charge is 0.345 e. The zero-order valence-corrected chi connectivity index (χ0v) is 19.4. The highest BCUT2D eigenvalue weighted by Crippen LogP contribution is 2.47. The minimum absolute atomic E-state index is 0.119. The molecule has 9 heteroatoms. The summed E-state index contributed by atoms with van der Waals surface area (Å²) in [6.45, 7) is 0. The number of rotatable bonds is 4. The normalized spacial score (nSPS) is 25.1. The van der Waals surface area contributed by atoms with E-state index in [-0.39, 0.29) is 33.9 Å². The van der Waals surface area contributed by atoms with Crippen molar-refractivity contribution in [3.8, 4) is 5.75 Å². The maximum Gasteiger partial charge on any atom is 0.345 e. The number of fused-ring (bicyclic) bond motifs is 2. The number of ether oxygens (including phenoxy) is 1. The van der Waals surface area contributed by atoms with E-state index in [1.165, 1.54) is 35.2 Å². The van der Waals surface area contributed by atoms with Crippen LogP contribution in [-0.2, 0) is 9.59 Å². The number of hydrogen-bond donors (Lipinski definition) is 1. The van der Waals surface area contributed by atoms with Crippen molar-refractivity contribution >= 4 is 53.1 Å². The minimum Gasteiger partial charge on any atom is -0.422 e. The van der Waals surface area contributed by atoms with Gasteiger partial charge >= 0.3 is 12.0 Å². The number of amides is 4. The van der Waals surface area contributed by atoms with Crippen molar-refractivity contribution in [2.75, 3.05) is 0 Å². The standard InChI is InChI=1S/C25H20Cl2N2O5/c26-16-7-8-17(19(27)12-16)24(32)34-21-4-2-1-3-15(21)11-18-22(30)28-25(33)29(23(18)31)20-10-13-5-6-14(20)9-13/h1-4,7-8,11-14,20H,5-6,9-10H2,(H,28,30,33)/b18-11-/t13-,14-,20-/m0/s1. The summed E-state index contributed by atoms with van der Waals surface area (Å²) in [6.07, 6.45) is 5.20. The van der Waals surface area contributed by atoms with Crippen LogP contribution < -0.4 is 10.1 Å². The molecule has 174 valence electrons. The Morgan fingerprint density at radius 1 is 1.06 bits per heavy atom. The van der Waals surface area contributed by atoms with E-state index >= 15 is 0 Å². The molecule has 1 aliphatic heterocycles. The van der Waals surface area contributed by atoms with Crippen LogP contribution >= 0.6 is 23.2 Å². The first-order valence-electron chi connectivity index (χ1n) is 11.0. The van der Waals surface area contributed by atoms with E-state index in [1.54, 1.807) is 18.2 Å². The molecule has 0 unspecified atom stereocenters. The van der Waals surface area contributed by atoms with Gasteiger partial charge in [-0.3, -0.25) is 19.8 Å². The highest BCUT2D eigenvalue weighted by molar-refractivity contribution is 6.36. The predicted molar refractivity (Wildman–Crippen MR) is 125 cm³/mol. The molecule has 2 aromatic rings. The minimum atomic E-state index is -0.781. The van der Waals surface area contributed by atoms with Crippen LogP contribution in [0.5, 0.6) is 5.75 Å². The lowest BCUT2D eigenvalue weighted by atomic mass is 9.93. The molecule has 5 rings (SSSR count). The lowest BCUT2D eigenvalue weighted by Gasteiger charge is -2.35. The number of esters is 1. The molecule has 3 atom stereocenters. The Hall–Kier alpha value is -3.16. The Balaban J connectivity index is 1.43. The third kappa shape index (κ3) is 4.10. The molecule has 3 fully saturated rings. The molecule has 0 radical (unpaired) electrons. The molecule has 0 spiro atoms. The largest absolute Gasteiger partial charge is 0.422 e. The first-order chi connectivity index (χ1) is 16.3. The Kier molecular flexibility index (Phi) is 5.91. The molecule has 1 N–H and O–H groups in total. The topological polar surface area (TPSA) is 92.8 Å². The SMILES string of the molecule is O=C1NC(=O)N([C@H]2C[C@H]3CC[C@H]2C3)C(=O)/C1=C\c1ccccc1OC(=O)c1ccc(Cl)cc1Cl. The molecule has 2 aliphatic carbocycles. The second kappa shape index (κ2) is 8.89. The Bertz CT molecular complexity index is 1260. The van der Waals surface area contributed by atoms with Crippen molar-refractivity contribution in [1.29, 1.82) is 0 Å². The molecule has 4 amide bonds. The highest BCUT2D eigenvalue weighted by Gasteiger charge is 2.49. The molecule has 3 aliphatic rings. The first kappa shape index (κ1) is 22.6. The number of nitrogens with one attached hydrogen (secondary N) is 1. The fourth-order valence-corrected chi connectivity index (χ4v) is 5.64. The Morgan fingerprint density at radius 3 is 2.56 bits per heavy atom. The van der Waals surface area contributed by atoms with Crippen LogP contribution in [-0.4, -0.2) is 34.8 Å². The molecular formula is C25H20Cl2N2O5. The molecule has 34 heavy (non-hydrogen) atoms. The Morgan fingerprint density at radius 2 is 1.85 bits per heavy atom. The molecule has 2 saturated carbocycles. The van der Waals surface area contributed by atoms with Crippen molar-refractivity contribution in [2.45, 2.75) is 31.7 Å². The van der Waals surface area contributed by atoms with Crippen LogP contribution in [0.1, 0.15) is 41.6 Å². The van der Waals surface area contributed by atoms with Gasteiger partial charge in [-0.15, -0.1) is 0 Å². The van der Waals surface area contributed by atoms with Crippen LogP contribution in [0.15, 0.2) is 48.0 Å². The lowest BCUT2D eigenvalue weighted by Crippen LogP contribution is -2.58. The van der Waals surface area contributed by atoms with Crippen LogP contribution in [0.4, 0.5) is 4.79 Å². The number of urea groups is 1. The number of para-hydroxylation sites is 1. The van der Waals surface area contributed by atoms with Crippen LogP contribution in [0.25, 0.3) is 6.08 Å². The van der Waals surface area contributed by atoms with E-state index in [0.717, 1.165) is 25.7 Å². The van der Waals surface area contributed by atoms with E-state index < -0.39 is 23.8 Å². The number of halogens is 2. The van der Waals surface area contributed by atoms with E-state index in [0.29, 0.717) is 16.5 Å². The molecule has 1 saturated heterocycles. The highest BCUT2D eigenvalue weighted by atomic mass is 35.5. The molecule has 1 heterocycles. The average molecular weight is 499 g/mol. The number of carbonyl (C=O) groups is 4. The van der Waals surface area contributed by atoms with Crippen molar-refractivity contribution in [2.24, 2.45) is 11.8 Å². The summed E-state index contributed by atoms with van der Waals surface area (Å²) in [7, 11) is 0. The van der Waals surface area contributed by atoms with Gasteiger partial charge in [-0.25, -0.2) is 9.59 Å². The van der Waals surface area contributed by atoms with Crippen LogP contribution in [0.2, 0.25) is 10.0 Å². The number of barbiturate groups is 1. The van der Waals surface area contributed by atoms with Gasteiger partial charge in [0.1, 0.15) is 11.3 Å². The quantitative estimate of drug-likeness (QED) is 0.281. The lowest BCUT2D eigenvalue weighted by molar-refractivity contribution is -0.132. The molecule has 0 aromatic heterocycles. The van der Waals surface area contributed by atoms with E-state index in [9.17, 15) is 19.2 Å². The second-order valence-corrected chi connectivity index (χ2v) is 9.63. The monoisotopic (exact) mass is 498 g/mol. The van der Waals surface area contributed by atoms with Gasteiger partial charge in [0.15, 0.2) is 0 Å². The zero-order chi connectivity index (χ0) is 24.0. The number of benzene rings is 2. The first-order valence-corrected chi connectivity index (χ1v) is 11.7. The predicted octanol–water partition coefficient (Wildman–Crippen LogP) is 4.86. The maximum atomic E-state index is 13.3. The third-order valence-electron chi connectivity index (χ3n) is 6.74. The van der Waals surface area contributed by atoms with Gasteiger partial charge in [0, 0.05) is 16.6 Å². The summed E-state index contributed by atoms with van der Waals surface area (Å²) in [5, 5.41) is 2.80. The average Bonchev–Trinajstić information content (AvgIpc) is 3.41. The molecule has 2 bridgehead atoms. The fourth-order valence-electron chi connectivity index (χ4n) is 5.16. The van der Waals surface area contributed by atoms with Crippen molar-refractivity contribution in [3.63, 3.8) is 0 Å². The summed E-state index contributed by atoms with van der Waals surface area (Å²) >= 11 is 12.0. The van der Waals surface area contributed by atoms with Gasteiger partial charge in [0.2, 0.25) is 0 Å². The van der Waals surface area contributed by atoms with Gasteiger partial charge in [0.05, 0.1) is 10.6 Å².